The Hall–Kier alpha value is -0.380. The predicted octanol–water partition coefficient (Wildman–Crippen LogP) is 0.147. The fraction of sp³-hybridized carbons (Fsp3) is 0.750. The van der Waals surface area contributed by atoms with E-state index in [0.717, 1.165) is 0 Å². The summed E-state index contributed by atoms with van der Waals surface area (Å²) >= 11 is 0. The summed E-state index contributed by atoms with van der Waals surface area (Å²) in [4.78, 5) is 11.9. The maximum atomic E-state index is 10.5. The lowest BCUT2D eigenvalue weighted by Crippen LogP contribution is -2.52. The molecule has 0 saturated carbocycles. The van der Waals surface area contributed by atoms with Gasteiger partial charge in [-0.25, -0.2) is 4.21 Å². The second kappa shape index (κ2) is 1.55. The van der Waals surface area contributed by atoms with Crippen molar-refractivity contribution in [3.05, 3.63) is 0 Å². The molecular weight excluding hydrogens is 126 g/mol. The normalized spacial score (nSPS) is 37.2. The van der Waals surface area contributed by atoms with E-state index < -0.39 is 10.8 Å². The molecule has 1 aliphatic rings. The molecule has 0 N–H and O–H groups in total. The molecule has 1 rings (SSSR count). The molecule has 46 valence electrons. The van der Waals surface area contributed by atoms with Gasteiger partial charge in [-0.2, -0.15) is 0 Å². The molecule has 0 aliphatic carbocycles. The van der Waals surface area contributed by atoms with Gasteiger partial charge in [0.15, 0.2) is 0 Å². The zero-order valence-electron chi connectivity index (χ0n) is 4.75. The van der Waals surface area contributed by atoms with Gasteiger partial charge >= 0.3 is 5.24 Å². The van der Waals surface area contributed by atoms with Gasteiger partial charge in [0, 0.05) is 7.05 Å². The second-order valence-electron chi connectivity index (χ2n) is 1.77. The van der Waals surface area contributed by atoms with Crippen LogP contribution in [0, 0.1) is 0 Å². The van der Waals surface area contributed by atoms with Crippen molar-refractivity contribution in [1.82, 2.24) is 4.90 Å². The van der Waals surface area contributed by atoms with Crippen molar-refractivity contribution in [3.8, 4) is 0 Å². The molecule has 1 fully saturated rings. The van der Waals surface area contributed by atoms with E-state index in [4.69, 9.17) is 0 Å². The van der Waals surface area contributed by atoms with Gasteiger partial charge in [-0.1, -0.05) is 0 Å². The highest BCUT2D eigenvalue weighted by molar-refractivity contribution is 8.02. The monoisotopic (exact) mass is 133 g/mol. The lowest BCUT2D eigenvalue weighted by Gasteiger charge is -2.32. The number of carbonyl (C=O) groups excluding carboxylic acids is 1. The summed E-state index contributed by atoms with van der Waals surface area (Å²) in [7, 11) is 0.423. The summed E-state index contributed by atoms with van der Waals surface area (Å²) < 4.78 is 10.5. The third-order valence-corrected chi connectivity index (χ3v) is 2.88. The van der Waals surface area contributed by atoms with Crippen LogP contribution in [0.3, 0.4) is 0 Å². The van der Waals surface area contributed by atoms with Crippen LogP contribution in [0.4, 0.5) is 4.79 Å². The molecule has 0 aromatic carbocycles. The first-order valence-electron chi connectivity index (χ1n) is 2.32. The van der Waals surface area contributed by atoms with Gasteiger partial charge in [0.2, 0.25) is 0 Å². The maximum Gasteiger partial charge on any atom is 0.314 e. The Kier molecular flexibility index (Phi) is 1.11. The highest BCUT2D eigenvalue weighted by Crippen LogP contribution is 2.16. The summed E-state index contributed by atoms with van der Waals surface area (Å²) in [5, 5.41) is -0.319. The first kappa shape index (κ1) is 5.75. The van der Waals surface area contributed by atoms with E-state index in [-0.39, 0.29) is 10.6 Å². The molecule has 2 atom stereocenters. The molecule has 0 spiro atoms. The quantitative estimate of drug-likeness (QED) is 0.471. The van der Waals surface area contributed by atoms with Crippen molar-refractivity contribution >= 4 is 16.0 Å². The second-order valence-corrected chi connectivity index (χ2v) is 3.40. The largest absolute Gasteiger partial charge is 0.320 e. The molecule has 0 radical (unpaired) electrons. The van der Waals surface area contributed by atoms with Crippen molar-refractivity contribution in [2.75, 3.05) is 7.05 Å². The van der Waals surface area contributed by atoms with Gasteiger partial charge in [0.1, 0.15) is 16.2 Å². The third kappa shape index (κ3) is 0.492. The number of rotatable bonds is 0. The molecule has 8 heavy (non-hydrogen) atoms. The Labute approximate surface area is 50.1 Å². The van der Waals surface area contributed by atoms with Crippen LogP contribution >= 0.6 is 0 Å². The van der Waals surface area contributed by atoms with Gasteiger partial charge in [0.05, 0.1) is 0 Å². The van der Waals surface area contributed by atoms with Crippen molar-refractivity contribution in [2.45, 2.75) is 12.3 Å². The Balaban J connectivity index is 2.68. The Morgan fingerprint density at radius 3 is 2.38 bits per heavy atom. The fourth-order valence-corrected chi connectivity index (χ4v) is 1.49. The van der Waals surface area contributed by atoms with Gasteiger partial charge in [-0.05, 0) is 6.92 Å². The average molecular weight is 133 g/mol. The molecule has 3 nitrogen and oxygen atoms in total. The van der Waals surface area contributed by atoms with Crippen LogP contribution in [-0.2, 0) is 10.8 Å². The Bertz CT molecular complexity index is 138. The van der Waals surface area contributed by atoms with Crippen LogP contribution in [0.25, 0.3) is 0 Å². The lowest BCUT2D eigenvalue weighted by atomic mass is 10.6. The molecule has 1 amide bonds. The summed E-state index contributed by atoms with van der Waals surface area (Å²) in [6.07, 6.45) is 0. The van der Waals surface area contributed by atoms with Crippen molar-refractivity contribution in [2.24, 2.45) is 0 Å². The van der Waals surface area contributed by atoms with Crippen LogP contribution in [-0.4, -0.2) is 26.8 Å². The first-order valence-corrected chi connectivity index (χ1v) is 3.53. The summed E-state index contributed by atoms with van der Waals surface area (Å²) in [5.41, 5.74) is 0. The van der Waals surface area contributed by atoms with Crippen molar-refractivity contribution < 1.29 is 9.00 Å². The summed E-state index contributed by atoms with van der Waals surface area (Å²) in [6, 6.07) is 0. The molecule has 1 heterocycles. The predicted molar refractivity (Wildman–Crippen MR) is 30.8 cm³/mol. The van der Waals surface area contributed by atoms with Crippen molar-refractivity contribution in [1.29, 1.82) is 0 Å². The molecule has 0 aromatic rings. The standard InChI is InChI=1S/C4H7NO2S/c1-3-5(2)4(6)8(3)7/h3H,1-2H3. The van der Waals surface area contributed by atoms with Crippen LogP contribution in [0.2, 0.25) is 0 Å². The smallest absolute Gasteiger partial charge is 0.314 e. The van der Waals surface area contributed by atoms with E-state index >= 15 is 0 Å². The molecule has 4 heteroatoms. The molecule has 1 aliphatic heterocycles. The van der Waals surface area contributed by atoms with Gasteiger partial charge < -0.3 is 4.90 Å². The van der Waals surface area contributed by atoms with E-state index in [1.807, 2.05) is 0 Å². The molecule has 0 aromatic heterocycles. The number of hydrogen-bond donors (Lipinski definition) is 0. The van der Waals surface area contributed by atoms with E-state index in [0.29, 0.717) is 0 Å². The first-order chi connectivity index (χ1) is 3.64. The van der Waals surface area contributed by atoms with Gasteiger partial charge in [0.25, 0.3) is 0 Å². The van der Waals surface area contributed by atoms with E-state index in [9.17, 15) is 9.00 Å². The van der Waals surface area contributed by atoms with E-state index in [1.165, 1.54) is 4.90 Å². The minimum Gasteiger partial charge on any atom is -0.320 e. The lowest BCUT2D eigenvalue weighted by molar-refractivity contribution is 0.220. The number of nitrogens with zero attached hydrogens (tertiary/aromatic N) is 1. The summed E-state index contributed by atoms with van der Waals surface area (Å²) in [6.45, 7) is 1.76. The molecule has 0 bridgehead atoms. The summed E-state index contributed by atoms with van der Waals surface area (Å²) in [5.74, 6) is 0. The number of hydrogen-bond acceptors (Lipinski definition) is 2. The van der Waals surface area contributed by atoms with E-state index in [2.05, 4.69) is 0 Å². The van der Waals surface area contributed by atoms with Crippen LogP contribution in [0.5, 0.6) is 0 Å². The van der Waals surface area contributed by atoms with Crippen LogP contribution in [0.1, 0.15) is 6.92 Å². The SMILES string of the molecule is CC1N(C)C(=O)S1=O. The van der Waals surface area contributed by atoms with Gasteiger partial charge in [-0.15, -0.1) is 0 Å². The topological polar surface area (TPSA) is 37.4 Å². The Morgan fingerprint density at radius 2 is 2.25 bits per heavy atom. The van der Waals surface area contributed by atoms with Crippen molar-refractivity contribution in [3.63, 3.8) is 0 Å². The Morgan fingerprint density at radius 1 is 1.75 bits per heavy atom. The number of carbonyl (C=O) groups is 1. The maximum absolute atomic E-state index is 10.5. The average Bonchev–Trinajstić information content (AvgIpc) is 1.83. The number of amides is 1. The molecular formula is C4H7NO2S. The molecule has 1 saturated heterocycles. The zero-order valence-corrected chi connectivity index (χ0v) is 5.57. The third-order valence-electron chi connectivity index (χ3n) is 1.32. The highest BCUT2D eigenvalue weighted by Gasteiger charge is 2.38. The minimum absolute atomic E-state index is 0.0671. The zero-order chi connectivity index (χ0) is 6.31. The van der Waals surface area contributed by atoms with Crippen LogP contribution < -0.4 is 0 Å². The van der Waals surface area contributed by atoms with Crippen LogP contribution in [0.15, 0.2) is 0 Å². The highest BCUT2D eigenvalue weighted by atomic mass is 32.2. The van der Waals surface area contributed by atoms with Gasteiger partial charge in [-0.3, -0.25) is 4.79 Å². The van der Waals surface area contributed by atoms with E-state index in [1.54, 1.807) is 14.0 Å². The fourth-order valence-electron chi connectivity index (χ4n) is 0.531. The molecule has 2 unspecified atom stereocenters. The minimum atomic E-state index is -1.22.